The third-order valence-corrected chi connectivity index (χ3v) is 2.28. The van der Waals surface area contributed by atoms with E-state index in [0.29, 0.717) is 5.56 Å². The number of hydrogen-bond acceptors (Lipinski definition) is 4. The Balaban J connectivity index is 1.95. The van der Waals surface area contributed by atoms with Gasteiger partial charge < -0.3 is 9.52 Å². The van der Waals surface area contributed by atoms with Gasteiger partial charge in [0, 0.05) is 0 Å². The maximum Gasteiger partial charge on any atom is 0.335 e. The van der Waals surface area contributed by atoms with Crippen LogP contribution in [0.2, 0.25) is 0 Å². The van der Waals surface area contributed by atoms with Crippen LogP contribution < -0.4 is 5.43 Å². The average Bonchev–Trinajstić information content (AvgIpc) is 2.93. The summed E-state index contributed by atoms with van der Waals surface area (Å²) in [5.74, 6) is -1.28. The first-order valence-electron chi connectivity index (χ1n) is 5.37. The molecule has 0 aliphatic heterocycles. The summed E-state index contributed by atoms with van der Waals surface area (Å²) in [5, 5.41) is 12.5. The molecule has 0 saturated heterocycles. The predicted molar refractivity (Wildman–Crippen MR) is 67.2 cm³/mol. The third kappa shape index (κ3) is 3.29. The number of nitrogens with one attached hydrogen (secondary N) is 1. The van der Waals surface area contributed by atoms with Crippen molar-refractivity contribution in [1.82, 2.24) is 5.43 Å². The molecule has 1 aromatic carbocycles. The van der Waals surface area contributed by atoms with Crippen LogP contribution in [-0.4, -0.2) is 23.2 Å². The lowest BCUT2D eigenvalue weighted by atomic mass is 10.1. The van der Waals surface area contributed by atoms with Gasteiger partial charge in [0.1, 0.15) is 0 Å². The molecule has 2 N–H and O–H groups in total. The summed E-state index contributed by atoms with van der Waals surface area (Å²) in [6.07, 6.45) is 2.80. The minimum absolute atomic E-state index is 0.165. The first kappa shape index (κ1) is 12.6. The second kappa shape index (κ2) is 5.63. The van der Waals surface area contributed by atoms with E-state index in [1.165, 1.54) is 30.7 Å². The normalized spacial score (nSPS) is 10.5. The number of amides is 1. The van der Waals surface area contributed by atoms with Crippen molar-refractivity contribution in [2.24, 2.45) is 5.10 Å². The molecule has 0 unspecified atom stereocenters. The number of carboxylic acid groups (broad SMARTS) is 1. The molecule has 96 valence electrons. The zero-order valence-electron chi connectivity index (χ0n) is 9.74. The molecule has 6 heteroatoms. The molecule has 0 aliphatic rings. The number of benzene rings is 1. The van der Waals surface area contributed by atoms with Gasteiger partial charge in [-0.3, -0.25) is 4.79 Å². The van der Waals surface area contributed by atoms with E-state index in [9.17, 15) is 9.59 Å². The van der Waals surface area contributed by atoms with Crippen molar-refractivity contribution < 1.29 is 19.1 Å². The summed E-state index contributed by atoms with van der Waals surface area (Å²) in [7, 11) is 0. The second-order valence-corrected chi connectivity index (χ2v) is 3.60. The van der Waals surface area contributed by atoms with Gasteiger partial charge in [0.15, 0.2) is 5.76 Å². The molecule has 0 radical (unpaired) electrons. The number of nitrogens with zero attached hydrogens (tertiary/aromatic N) is 1. The Kier molecular flexibility index (Phi) is 3.72. The number of carbonyl (C=O) groups is 2. The number of carboxylic acids is 1. The van der Waals surface area contributed by atoms with Gasteiger partial charge >= 0.3 is 11.9 Å². The minimum atomic E-state index is -0.991. The predicted octanol–water partition coefficient (Wildman–Crippen LogP) is 1.74. The Morgan fingerprint density at radius 3 is 2.53 bits per heavy atom. The smallest absolute Gasteiger partial charge is 0.335 e. The van der Waals surface area contributed by atoms with Crippen LogP contribution in [0.15, 0.2) is 52.2 Å². The van der Waals surface area contributed by atoms with Crippen molar-refractivity contribution in [1.29, 1.82) is 0 Å². The molecule has 0 aliphatic carbocycles. The van der Waals surface area contributed by atoms with Gasteiger partial charge in [-0.05, 0) is 29.8 Å². The molecule has 0 saturated carbocycles. The highest BCUT2D eigenvalue weighted by molar-refractivity contribution is 5.92. The fourth-order valence-corrected chi connectivity index (χ4v) is 1.34. The van der Waals surface area contributed by atoms with E-state index in [1.54, 1.807) is 18.2 Å². The molecule has 2 rings (SSSR count). The third-order valence-electron chi connectivity index (χ3n) is 2.28. The van der Waals surface area contributed by atoms with Crippen molar-refractivity contribution in [3.63, 3.8) is 0 Å². The van der Waals surface area contributed by atoms with Gasteiger partial charge in [-0.2, -0.15) is 5.10 Å². The lowest BCUT2D eigenvalue weighted by Gasteiger charge is -1.97. The summed E-state index contributed by atoms with van der Waals surface area (Å²) in [6, 6.07) is 9.21. The fourth-order valence-electron chi connectivity index (χ4n) is 1.34. The number of furan rings is 1. The molecule has 1 aromatic heterocycles. The van der Waals surface area contributed by atoms with E-state index in [2.05, 4.69) is 10.5 Å². The van der Waals surface area contributed by atoms with Crippen LogP contribution in [0.1, 0.15) is 26.5 Å². The van der Waals surface area contributed by atoms with Crippen LogP contribution in [0.3, 0.4) is 0 Å². The summed E-state index contributed by atoms with van der Waals surface area (Å²) in [6.45, 7) is 0. The van der Waals surface area contributed by atoms with E-state index in [-0.39, 0.29) is 11.3 Å². The van der Waals surface area contributed by atoms with Crippen LogP contribution in [-0.2, 0) is 0 Å². The van der Waals surface area contributed by atoms with Gasteiger partial charge in [-0.1, -0.05) is 12.1 Å². The summed E-state index contributed by atoms with van der Waals surface area (Å²) in [5.41, 5.74) is 3.15. The van der Waals surface area contributed by atoms with Crippen molar-refractivity contribution in [2.75, 3.05) is 0 Å². The maximum atomic E-state index is 11.4. The van der Waals surface area contributed by atoms with Gasteiger partial charge in [-0.25, -0.2) is 10.2 Å². The fraction of sp³-hybridized carbons (Fsp3) is 0. The van der Waals surface area contributed by atoms with Crippen LogP contribution in [0.4, 0.5) is 0 Å². The van der Waals surface area contributed by atoms with E-state index < -0.39 is 11.9 Å². The molecule has 19 heavy (non-hydrogen) atoms. The zero-order chi connectivity index (χ0) is 13.7. The van der Waals surface area contributed by atoms with Gasteiger partial charge in [0.2, 0.25) is 0 Å². The van der Waals surface area contributed by atoms with E-state index in [4.69, 9.17) is 9.52 Å². The van der Waals surface area contributed by atoms with Crippen molar-refractivity contribution in [3.05, 3.63) is 59.5 Å². The first-order valence-corrected chi connectivity index (χ1v) is 5.37. The highest BCUT2D eigenvalue weighted by Crippen LogP contribution is 2.02. The average molecular weight is 258 g/mol. The van der Waals surface area contributed by atoms with Crippen LogP contribution in [0, 0.1) is 0 Å². The van der Waals surface area contributed by atoms with E-state index >= 15 is 0 Å². The Morgan fingerprint density at radius 1 is 1.21 bits per heavy atom. The van der Waals surface area contributed by atoms with Gasteiger partial charge in [-0.15, -0.1) is 0 Å². The SMILES string of the molecule is O=C(O)c1ccc(/C=N\NC(=O)c2ccco2)cc1. The second-order valence-electron chi connectivity index (χ2n) is 3.60. The number of rotatable bonds is 4. The minimum Gasteiger partial charge on any atom is -0.478 e. The quantitative estimate of drug-likeness (QED) is 0.645. The standard InChI is InChI=1S/C13H10N2O4/c16-12(11-2-1-7-19-11)15-14-8-9-3-5-10(6-4-9)13(17)18/h1-8H,(H,15,16)(H,17,18)/b14-8-. The van der Waals surface area contributed by atoms with Gasteiger partial charge in [0.25, 0.3) is 0 Å². The molecule has 6 nitrogen and oxygen atoms in total. The molecule has 0 bridgehead atoms. The Morgan fingerprint density at radius 2 is 1.95 bits per heavy atom. The number of hydrogen-bond donors (Lipinski definition) is 2. The Labute approximate surface area is 108 Å². The van der Waals surface area contributed by atoms with Crippen molar-refractivity contribution in [2.45, 2.75) is 0 Å². The number of carbonyl (C=O) groups excluding carboxylic acids is 1. The lowest BCUT2D eigenvalue weighted by molar-refractivity contribution is 0.0696. The van der Waals surface area contributed by atoms with Crippen molar-refractivity contribution >= 4 is 18.1 Å². The monoisotopic (exact) mass is 258 g/mol. The van der Waals surface area contributed by atoms with Gasteiger partial charge in [0.05, 0.1) is 18.0 Å². The topological polar surface area (TPSA) is 91.9 Å². The molecule has 2 aromatic rings. The van der Waals surface area contributed by atoms with Crippen LogP contribution >= 0.6 is 0 Å². The number of aromatic carboxylic acids is 1. The first-order chi connectivity index (χ1) is 9.16. The molecule has 0 atom stereocenters. The summed E-state index contributed by atoms with van der Waals surface area (Å²) in [4.78, 5) is 22.1. The lowest BCUT2D eigenvalue weighted by Crippen LogP contribution is -2.16. The maximum absolute atomic E-state index is 11.4. The van der Waals surface area contributed by atoms with Crippen molar-refractivity contribution in [3.8, 4) is 0 Å². The summed E-state index contributed by atoms with van der Waals surface area (Å²) < 4.78 is 4.89. The highest BCUT2D eigenvalue weighted by atomic mass is 16.4. The number of hydrazone groups is 1. The molecule has 0 fully saturated rings. The van der Waals surface area contributed by atoms with Crippen LogP contribution in [0.5, 0.6) is 0 Å². The highest BCUT2D eigenvalue weighted by Gasteiger charge is 2.05. The molecule has 0 spiro atoms. The Bertz CT molecular complexity index is 600. The molecular weight excluding hydrogens is 248 g/mol. The van der Waals surface area contributed by atoms with E-state index in [1.807, 2.05) is 0 Å². The Hall–Kier alpha value is -2.89. The van der Waals surface area contributed by atoms with Crippen LogP contribution in [0.25, 0.3) is 0 Å². The molecule has 1 heterocycles. The van der Waals surface area contributed by atoms with E-state index in [0.717, 1.165) is 0 Å². The summed E-state index contributed by atoms with van der Waals surface area (Å²) >= 11 is 0. The molecule has 1 amide bonds. The zero-order valence-corrected chi connectivity index (χ0v) is 9.74. The molecular formula is C13H10N2O4. The largest absolute Gasteiger partial charge is 0.478 e.